The minimum absolute atomic E-state index is 0.537. The lowest BCUT2D eigenvalue weighted by atomic mass is 10.3. The zero-order chi connectivity index (χ0) is 10.9. The second-order valence-electron chi connectivity index (χ2n) is 2.26. The van der Waals surface area contributed by atoms with E-state index in [9.17, 15) is 18.0 Å². The number of carboxylic acid groups (broad SMARTS) is 1. The smallest absolute Gasteiger partial charge is 0.357 e. The highest BCUT2D eigenvalue weighted by molar-refractivity contribution is 7.95. The number of rotatable bonds is 2. The van der Waals surface area contributed by atoms with E-state index < -0.39 is 32.6 Å². The number of carboxylic acids is 1. The van der Waals surface area contributed by atoms with E-state index in [4.69, 9.17) is 5.11 Å². The van der Waals surface area contributed by atoms with Crippen LogP contribution in [0.1, 0.15) is 0 Å². The fourth-order valence-corrected chi connectivity index (χ4v) is 1.74. The molecule has 0 aliphatic carbocycles. The summed E-state index contributed by atoms with van der Waals surface area (Å²) in [6.45, 7) is 0. The molecule has 1 N–H and O–H groups in total. The van der Waals surface area contributed by atoms with Gasteiger partial charge < -0.3 is 9.84 Å². The van der Waals surface area contributed by atoms with Crippen LogP contribution in [0.5, 0.6) is 0 Å². The van der Waals surface area contributed by atoms with Crippen LogP contribution in [0.3, 0.4) is 0 Å². The first-order chi connectivity index (χ1) is 6.38. The highest BCUT2D eigenvalue weighted by Crippen LogP contribution is 2.17. The number of ether oxygens (including phenoxy) is 1. The molecule has 0 unspecified atom stereocenters. The van der Waals surface area contributed by atoms with Crippen molar-refractivity contribution >= 4 is 27.7 Å². The Morgan fingerprint density at radius 3 is 2.43 bits per heavy atom. The molecule has 14 heavy (non-hydrogen) atoms. The number of esters is 1. The quantitative estimate of drug-likeness (QED) is 0.591. The minimum atomic E-state index is -4.24. The van der Waals surface area contributed by atoms with Crippen molar-refractivity contribution in [3.8, 4) is 0 Å². The topological polar surface area (TPSA) is 110 Å². The second kappa shape index (κ2) is 3.22. The van der Waals surface area contributed by atoms with Gasteiger partial charge in [0.05, 0.1) is 7.11 Å². The van der Waals surface area contributed by atoms with Gasteiger partial charge in [0.2, 0.25) is 0 Å². The maximum atomic E-state index is 11.0. The standard InChI is InChI=1S/C6H5NO6S/c1-13-6(10)3-2-4(5(8)9)14(11,12)7-3/h2H,1H3,(H,8,9). The van der Waals surface area contributed by atoms with Gasteiger partial charge in [-0.05, 0) is 0 Å². The predicted octanol–water partition coefficient (Wildman–Crippen LogP) is -1.09. The summed E-state index contributed by atoms with van der Waals surface area (Å²) in [5, 5.41) is 8.45. The Bertz CT molecular complexity index is 457. The van der Waals surface area contributed by atoms with Crippen LogP contribution in [-0.4, -0.2) is 38.3 Å². The van der Waals surface area contributed by atoms with Gasteiger partial charge >= 0.3 is 11.9 Å². The summed E-state index contributed by atoms with van der Waals surface area (Å²) in [6.07, 6.45) is 0.656. The summed E-state index contributed by atoms with van der Waals surface area (Å²) < 4.78 is 29.1. The third kappa shape index (κ3) is 1.64. The molecule has 1 rings (SSSR count). The van der Waals surface area contributed by atoms with Gasteiger partial charge in [-0.1, -0.05) is 0 Å². The predicted molar refractivity (Wildman–Crippen MR) is 44.1 cm³/mol. The van der Waals surface area contributed by atoms with Crippen molar-refractivity contribution < 1.29 is 27.9 Å². The van der Waals surface area contributed by atoms with Crippen LogP contribution >= 0.6 is 0 Å². The van der Waals surface area contributed by atoms with Gasteiger partial charge in [0.25, 0.3) is 10.0 Å². The summed E-state index contributed by atoms with van der Waals surface area (Å²) in [5.41, 5.74) is -0.537. The molecule has 0 aromatic carbocycles. The highest BCUT2D eigenvalue weighted by Gasteiger charge is 2.33. The first kappa shape index (κ1) is 10.4. The Balaban J connectivity index is 3.20. The van der Waals surface area contributed by atoms with E-state index >= 15 is 0 Å². The Labute approximate surface area is 78.8 Å². The zero-order valence-corrected chi connectivity index (χ0v) is 7.74. The van der Waals surface area contributed by atoms with Crippen molar-refractivity contribution in [3.05, 3.63) is 11.0 Å². The molecule has 1 aliphatic rings. The van der Waals surface area contributed by atoms with Gasteiger partial charge in [-0.3, -0.25) is 0 Å². The largest absolute Gasteiger partial charge is 0.477 e. The molecule has 0 bridgehead atoms. The number of aliphatic carboxylic acids is 1. The van der Waals surface area contributed by atoms with E-state index in [1.165, 1.54) is 0 Å². The number of methoxy groups -OCH3 is 1. The molecule has 0 radical (unpaired) electrons. The summed E-state index contributed by atoms with van der Waals surface area (Å²) in [7, 11) is -3.21. The lowest BCUT2D eigenvalue weighted by Crippen LogP contribution is -2.11. The van der Waals surface area contributed by atoms with Gasteiger partial charge in [-0.2, -0.15) is 12.8 Å². The number of carbonyl (C=O) groups is 2. The average Bonchev–Trinajstić information content (AvgIpc) is 2.40. The van der Waals surface area contributed by atoms with Crippen LogP contribution in [0, 0.1) is 0 Å². The van der Waals surface area contributed by atoms with E-state index in [0.717, 1.165) is 7.11 Å². The van der Waals surface area contributed by atoms with Crippen molar-refractivity contribution in [2.75, 3.05) is 7.11 Å². The monoisotopic (exact) mass is 219 g/mol. The number of carbonyl (C=O) groups excluding carboxylic acids is 1. The van der Waals surface area contributed by atoms with Gasteiger partial charge in [0.15, 0.2) is 10.6 Å². The fourth-order valence-electron chi connectivity index (χ4n) is 0.776. The van der Waals surface area contributed by atoms with Gasteiger partial charge in [-0.15, -0.1) is 0 Å². The molecule has 0 aromatic heterocycles. The third-order valence-corrected chi connectivity index (χ3v) is 2.65. The lowest BCUT2D eigenvalue weighted by molar-refractivity contribution is -0.132. The van der Waals surface area contributed by atoms with E-state index in [-0.39, 0.29) is 0 Å². The molecule has 0 aromatic rings. The molecule has 0 atom stereocenters. The molecular formula is C6H5NO6S. The molecule has 8 heteroatoms. The first-order valence-electron chi connectivity index (χ1n) is 3.27. The molecule has 0 saturated heterocycles. The SMILES string of the molecule is COC(=O)C1=NS(=O)(=O)C(C(=O)O)=C1. The van der Waals surface area contributed by atoms with E-state index in [1.54, 1.807) is 0 Å². The Hall–Kier alpha value is -1.70. The summed E-state index contributed by atoms with van der Waals surface area (Å²) >= 11 is 0. The van der Waals surface area contributed by atoms with Crippen molar-refractivity contribution in [1.82, 2.24) is 0 Å². The highest BCUT2D eigenvalue weighted by atomic mass is 32.2. The van der Waals surface area contributed by atoms with Crippen molar-refractivity contribution in [3.63, 3.8) is 0 Å². The van der Waals surface area contributed by atoms with Gasteiger partial charge in [0, 0.05) is 6.08 Å². The summed E-state index contributed by atoms with van der Waals surface area (Å²) in [5.74, 6) is -2.66. The van der Waals surface area contributed by atoms with Crippen molar-refractivity contribution in [2.24, 2.45) is 4.40 Å². The Morgan fingerprint density at radius 2 is 2.07 bits per heavy atom. The minimum Gasteiger partial charge on any atom is -0.477 e. The molecule has 0 saturated carbocycles. The number of nitrogens with zero attached hydrogens (tertiary/aromatic N) is 1. The maximum Gasteiger partial charge on any atom is 0.357 e. The Kier molecular flexibility index (Phi) is 2.39. The van der Waals surface area contributed by atoms with Gasteiger partial charge in [-0.25, -0.2) is 9.59 Å². The van der Waals surface area contributed by atoms with Crippen LogP contribution in [0.4, 0.5) is 0 Å². The first-order valence-corrected chi connectivity index (χ1v) is 4.71. The number of sulfonamides is 1. The average molecular weight is 219 g/mol. The summed E-state index contributed by atoms with van der Waals surface area (Å²) in [6, 6.07) is 0. The fraction of sp³-hybridized carbons (Fsp3) is 0.167. The Morgan fingerprint density at radius 1 is 1.50 bits per heavy atom. The van der Waals surface area contributed by atoms with Crippen molar-refractivity contribution in [1.29, 1.82) is 0 Å². The third-order valence-electron chi connectivity index (χ3n) is 1.37. The van der Waals surface area contributed by atoms with Crippen LogP contribution < -0.4 is 0 Å². The molecule has 0 amide bonds. The van der Waals surface area contributed by atoms with E-state index in [0.29, 0.717) is 6.08 Å². The van der Waals surface area contributed by atoms with Crippen LogP contribution in [0.15, 0.2) is 15.4 Å². The van der Waals surface area contributed by atoms with Crippen molar-refractivity contribution in [2.45, 2.75) is 0 Å². The van der Waals surface area contributed by atoms with E-state index in [2.05, 4.69) is 9.13 Å². The number of hydrogen-bond donors (Lipinski definition) is 1. The van der Waals surface area contributed by atoms with Crippen LogP contribution in [0.2, 0.25) is 0 Å². The number of hydrogen-bond acceptors (Lipinski definition) is 5. The van der Waals surface area contributed by atoms with Crippen LogP contribution in [-0.2, 0) is 24.3 Å². The molecular weight excluding hydrogens is 214 g/mol. The van der Waals surface area contributed by atoms with E-state index in [1.807, 2.05) is 0 Å². The molecule has 1 aliphatic heterocycles. The molecule has 0 spiro atoms. The molecule has 1 heterocycles. The second-order valence-corrected chi connectivity index (χ2v) is 3.83. The molecule has 76 valence electrons. The lowest BCUT2D eigenvalue weighted by Gasteiger charge is -1.91. The molecule has 0 fully saturated rings. The van der Waals surface area contributed by atoms with Gasteiger partial charge in [0.1, 0.15) is 0 Å². The normalized spacial score (nSPS) is 18.4. The zero-order valence-electron chi connectivity index (χ0n) is 6.92. The summed E-state index contributed by atoms with van der Waals surface area (Å²) in [4.78, 5) is 20.3. The maximum absolute atomic E-state index is 11.0. The van der Waals surface area contributed by atoms with Crippen LogP contribution in [0.25, 0.3) is 0 Å². The molecule has 7 nitrogen and oxygen atoms in total.